The fourth-order valence-electron chi connectivity index (χ4n) is 3.53. The Hall–Kier alpha value is -3.08. The Morgan fingerprint density at radius 3 is 2.25 bits per heavy atom. The normalized spacial score (nSPS) is 15.6. The molecule has 0 radical (unpaired) electrons. The van der Waals surface area contributed by atoms with Crippen LogP contribution in [0.2, 0.25) is 0 Å². The van der Waals surface area contributed by atoms with Gasteiger partial charge < -0.3 is 14.7 Å². The van der Waals surface area contributed by atoms with Gasteiger partial charge >= 0.3 is 0 Å². The molecule has 32 heavy (non-hydrogen) atoms. The van der Waals surface area contributed by atoms with Gasteiger partial charge in [-0.3, -0.25) is 4.79 Å². The minimum absolute atomic E-state index is 0.222. The number of benzene rings is 2. The predicted molar refractivity (Wildman–Crippen MR) is 120 cm³/mol. The van der Waals surface area contributed by atoms with Gasteiger partial charge in [-0.15, -0.1) is 0 Å². The molecule has 10 heteroatoms. The lowest BCUT2D eigenvalue weighted by molar-refractivity contribution is 0.102. The van der Waals surface area contributed by atoms with E-state index in [-0.39, 0.29) is 10.8 Å². The third-order valence-corrected chi connectivity index (χ3v) is 7.36. The van der Waals surface area contributed by atoms with Crippen LogP contribution >= 0.6 is 0 Å². The first-order valence-corrected chi connectivity index (χ1v) is 11.9. The van der Waals surface area contributed by atoms with Crippen LogP contribution in [0.1, 0.15) is 23.1 Å². The van der Waals surface area contributed by atoms with Gasteiger partial charge in [0.05, 0.1) is 4.90 Å². The third kappa shape index (κ3) is 4.72. The zero-order valence-corrected chi connectivity index (χ0v) is 18.8. The number of anilines is 1. The molecule has 1 N–H and O–H groups in total. The van der Waals surface area contributed by atoms with E-state index in [1.165, 1.54) is 16.4 Å². The van der Waals surface area contributed by atoms with Crippen LogP contribution in [0.5, 0.6) is 0 Å². The number of piperazine rings is 1. The van der Waals surface area contributed by atoms with E-state index in [9.17, 15) is 13.2 Å². The van der Waals surface area contributed by atoms with Crippen molar-refractivity contribution in [1.29, 1.82) is 0 Å². The van der Waals surface area contributed by atoms with Crippen molar-refractivity contribution in [3.8, 4) is 11.5 Å². The lowest BCUT2D eigenvalue weighted by atomic mass is 10.1. The maximum atomic E-state index is 12.9. The molecule has 3 aromatic rings. The van der Waals surface area contributed by atoms with E-state index in [0.29, 0.717) is 36.1 Å². The minimum atomic E-state index is -3.55. The summed E-state index contributed by atoms with van der Waals surface area (Å²) in [6, 6.07) is 13.0. The lowest BCUT2D eigenvalue weighted by Crippen LogP contribution is -2.48. The molecule has 1 amide bonds. The minimum Gasteiger partial charge on any atom is -0.334 e. The Balaban J connectivity index is 1.40. The van der Waals surface area contributed by atoms with Crippen molar-refractivity contribution in [2.75, 3.05) is 38.0 Å². The second-order valence-corrected chi connectivity index (χ2v) is 9.48. The van der Waals surface area contributed by atoms with Crippen LogP contribution in [0.25, 0.3) is 11.5 Å². The van der Waals surface area contributed by atoms with Gasteiger partial charge in [0.1, 0.15) is 0 Å². The van der Waals surface area contributed by atoms with E-state index in [2.05, 4.69) is 27.3 Å². The molecule has 168 valence electrons. The molecule has 4 rings (SSSR count). The van der Waals surface area contributed by atoms with Gasteiger partial charge in [-0.1, -0.05) is 12.1 Å². The van der Waals surface area contributed by atoms with E-state index < -0.39 is 10.0 Å². The SMILES string of the molecule is CCN1CCN(S(=O)(=O)c2ccc(NC(=O)c3ccc(-c4nc(C)no4)cc3)cc2)CC1. The number of aryl methyl sites for hydroxylation is 1. The Kier molecular flexibility index (Phi) is 6.35. The molecule has 0 spiro atoms. The predicted octanol–water partition coefficient (Wildman–Crippen LogP) is 2.62. The number of carbonyl (C=O) groups excluding carboxylic acids is 1. The summed E-state index contributed by atoms with van der Waals surface area (Å²) in [6.45, 7) is 7.14. The zero-order chi connectivity index (χ0) is 22.7. The summed E-state index contributed by atoms with van der Waals surface area (Å²) in [6.07, 6.45) is 0. The van der Waals surface area contributed by atoms with E-state index >= 15 is 0 Å². The second-order valence-electron chi connectivity index (χ2n) is 7.54. The number of sulfonamides is 1. The number of likely N-dealkylation sites (N-methyl/N-ethyl adjacent to an activating group) is 1. The number of aromatic nitrogens is 2. The summed E-state index contributed by atoms with van der Waals surface area (Å²) in [5, 5.41) is 6.54. The smallest absolute Gasteiger partial charge is 0.257 e. The Bertz CT molecular complexity index is 1180. The van der Waals surface area contributed by atoms with Gasteiger partial charge in [-0.05, 0) is 62.0 Å². The molecule has 1 aromatic heterocycles. The van der Waals surface area contributed by atoms with E-state index in [0.717, 1.165) is 25.2 Å². The first-order valence-electron chi connectivity index (χ1n) is 10.4. The first kappa shape index (κ1) is 22.1. The Labute approximate surface area is 187 Å². The highest BCUT2D eigenvalue weighted by molar-refractivity contribution is 7.89. The molecule has 0 unspecified atom stereocenters. The van der Waals surface area contributed by atoms with Gasteiger partial charge in [-0.2, -0.15) is 9.29 Å². The van der Waals surface area contributed by atoms with Gasteiger partial charge in [0, 0.05) is 43.0 Å². The maximum absolute atomic E-state index is 12.9. The van der Waals surface area contributed by atoms with Crippen LogP contribution in [0.4, 0.5) is 5.69 Å². The zero-order valence-electron chi connectivity index (χ0n) is 18.0. The first-order chi connectivity index (χ1) is 15.4. The van der Waals surface area contributed by atoms with Gasteiger partial charge in [-0.25, -0.2) is 8.42 Å². The van der Waals surface area contributed by atoms with Crippen molar-refractivity contribution in [3.05, 3.63) is 59.9 Å². The molecule has 1 aliphatic heterocycles. The summed E-state index contributed by atoms with van der Waals surface area (Å²) >= 11 is 0. The van der Waals surface area contributed by atoms with Crippen LogP contribution in [0, 0.1) is 6.92 Å². The molecule has 0 atom stereocenters. The number of hydrogen-bond acceptors (Lipinski definition) is 7. The second kappa shape index (κ2) is 9.19. The number of amides is 1. The molecule has 1 aliphatic rings. The summed E-state index contributed by atoms with van der Waals surface area (Å²) < 4.78 is 32.4. The molecular formula is C22H25N5O4S. The van der Waals surface area contributed by atoms with Crippen LogP contribution in [-0.2, 0) is 10.0 Å². The van der Waals surface area contributed by atoms with Gasteiger partial charge in [0.15, 0.2) is 5.82 Å². The van der Waals surface area contributed by atoms with E-state index in [1.807, 2.05) is 0 Å². The molecule has 0 saturated carbocycles. The molecule has 2 heterocycles. The van der Waals surface area contributed by atoms with Crippen LogP contribution in [0.3, 0.4) is 0 Å². The molecule has 1 saturated heterocycles. The highest BCUT2D eigenvalue weighted by Crippen LogP contribution is 2.21. The number of hydrogen-bond donors (Lipinski definition) is 1. The molecule has 2 aromatic carbocycles. The monoisotopic (exact) mass is 455 g/mol. The Morgan fingerprint density at radius 2 is 1.69 bits per heavy atom. The van der Waals surface area contributed by atoms with E-state index in [1.54, 1.807) is 43.3 Å². The van der Waals surface area contributed by atoms with Crippen molar-refractivity contribution >= 4 is 21.6 Å². The molecule has 0 bridgehead atoms. The lowest BCUT2D eigenvalue weighted by Gasteiger charge is -2.33. The third-order valence-electron chi connectivity index (χ3n) is 5.45. The van der Waals surface area contributed by atoms with Crippen molar-refractivity contribution in [1.82, 2.24) is 19.3 Å². The molecule has 9 nitrogen and oxygen atoms in total. The topological polar surface area (TPSA) is 109 Å². The highest BCUT2D eigenvalue weighted by Gasteiger charge is 2.27. The largest absolute Gasteiger partial charge is 0.334 e. The number of carbonyl (C=O) groups is 1. The quantitative estimate of drug-likeness (QED) is 0.609. The van der Waals surface area contributed by atoms with Gasteiger partial charge in [0.25, 0.3) is 11.8 Å². The average Bonchev–Trinajstić information content (AvgIpc) is 3.26. The number of nitrogens with one attached hydrogen (secondary N) is 1. The molecular weight excluding hydrogens is 430 g/mol. The van der Waals surface area contributed by atoms with Crippen LogP contribution in [0.15, 0.2) is 57.9 Å². The Morgan fingerprint density at radius 1 is 1.03 bits per heavy atom. The van der Waals surface area contributed by atoms with E-state index in [4.69, 9.17) is 4.52 Å². The number of nitrogens with zero attached hydrogens (tertiary/aromatic N) is 4. The summed E-state index contributed by atoms with van der Waals surface area (Å²) in [5.74, 6) is 0.627. The average molecular weight is 456 g/mol. The van der Waals surface area contributed by atoms with Crippen LogP contribution in [-0.4, -0.2) is 66.4 Å². The van der Waals surface area contributed by atoms with Crippen molar-refractivity contribution < 1.29 is 17.7 Å². The number of rotatable bonds is 6. The summed E-state index contributed by atoms with van der Waals surface area (Å²) in [7, 11) is -3.55. The standard InChI is InChI=1S/C22H25N5O4S/c1-3-26-12-14-27(15-13-26)32(29,30)20-10-8-19(9-11-20)24-21(28)17-4-6-18(7-5-17)22-23-16(2)25-31-22/h4-11H,3,12-15H2,1-2H3,(H,24,28). The maximum Gasteiger partial charge on any atom is 0.257 e. The fourth-order valence-corrected chi connectivity index (χ4v) is 4.95. The van der Waals surface area contributed by atoms with Gasteiger partial charge in [0.2, 0.25) is 10.0 Å². The van der Waals surface area contributed by atoms with Crippen molar-refractivity contribution in [2.24, 2.45) is 0 Å². The molecule has 0 aliphatic carbocycles. The highest BCUT2D eigenvalue weighted by atomic mass is 32.2. The molecule has 1 fully saturated rings. The van der Waals surface area contributed by atoms with Crippen molar-refractivity contribution in [3.63, 3.8) is 0 Å². The summed E-state index contributed by atoms with van der Waals surface area (Å²) in [5.41, 5.74) is 1.69. The van der Waals surface area contributed by atoms with Crippen LogP contribution < -0.4 is 5.32 Å². The fraction of sp³-hybridized carbons (Fsp3) is 0.318. The van der Waals surface area contributed by atoms with Crippen molar-refractivity contribution in [2.45, 2.75) is 18.7 Å². The summed E-state index contributed by atoms with van der Waals surface area (Å²) in [4.78, 5) is 19.2.